The van der Waals surface area contributed by atoms with Crippen molar-refractivity contribution in [2.24, 2.45) is 5.92 Å². The minimum atomic E-state index is 0.152. The zero-order chi connectivity index (χ0) is 12.1. The van der Waals surface area contributed by atoms with Gasteiger partial charge in [0.05, 0.1) is 13.7 Å². The third kappa shape index (κ3) is 3.42. The summed E-state index contributed by atoms with van der Waals surface area (Å²) in [7, 11) is 1.49. The summed E-state index contributed by atoms with van der Waals surface area (Å²) in [6.45, 7) is 2.42. The molecule has 0 bridgehead atoms. The molecule has 1 aliphatic rings. The van der Waals surface area contributed by atoms with Gasteiger partial charge >= 0.3 is 6.01 Å². The lowest BCUT2D eigenvalue weighted by molar-refractivity contribution is 0.0594. The Kier molecular flexibility index (Phi) is 3.92. The van der Waals surface area contributed by atoms with Crippen LogP contribution in [0.15, 0.2) is 0 Å². The Morgan fingerprint density at radius 1 is 1.47 bits per heavy atom. The second-order valence-corrected chi connectivity index (χ2v) is 3.97. The van der Waals surface area contributed by atoms with E-state index in [1.165, 1.54) is 7.11 Å². The van der Waals surface area contributed by atoms with Gasteiger partial charge in [-0.25, -0.2) is 0 Å². The molecule has 1 unspecified atom stereocenters. The highest BCUT2D eigenvalue weighted by Crippen LogP contribution is 2.14. The first-order valence-corrected chi connectivity index (χ1v) is 5.65. The fourth-order valence-corrected chi connectivity index (χ4v) is 1.75. The van der Waals surface area contributed by atoms with Gasteiger partial charge in [-0.2, -0.15) is 15.0 Å². The average Bonchev–Trinajstić information content (AvgIpc) is 2.37. The molecular formula is C10H17N5O2. The highest BCUT2D eigenvalue weighted by Gasteiger charge is 2.14. The molecule has 17 heavy (non-hydrogen) atoms. The minimum Gasteiger partial charge on any atom is -0.467 e. The topological polar surface area (TPSA) is 95.2 Å². The molecule has 0 aromatic carbocycles. The van der Waals surface area contributed by atoms with Crippen LogP contribution >= 0.6 is 0 Å². The van der Waals surface area contributed by atoms with Crippen molar-refractivity contribution in [3.05, 3.63) is 0 Å². The van der Waals surface area contributed by atoms with Crippen molar-refractivity contribution in [1.82, 2.24) is 15.0 Å². The molecule has 94 valence electrons. The maximum Gasteiger partial charge on any atom is 0.322 e. The molecule has 0 spiro atoms. The first kappa shape index (κ1) is 11.8. The fourth-order valence-electron chi connectivity index (χ4n) is 1.75. The first-order valence-electron chi connectivity index (χ1n) is 5.65. The van der Waals surface area contributed by atoms with E-state index in [2.05, 4.69) is 20.3 Å². The number of anilines is 2. The molecule has 1 aliphatic heterocycles. The van der Waals surface area contributed by atoms with Gasteiger partial charge in [0.1, 0.15) is 0 Å². The van der Waals surface area contributed by atoms with Crippen LogP contribution in [0.1, 0.15) is 12.8 Å². The summed E-state index contributed by atoms with van der Waals surface area (Å²) < 4.78 is 10.3. The van der Waals surface area contributed by atoms with Gasteiger partial charge in [-0.05, 0) is 18.8 Å². The van der Waals surface area contributed by atoms with Gasteiger partial charge in [0.25, 0.3) is 0 Å². The fraction of sp³-hybridized carbons (Fsp3) is 0.700. The van der Waals surface area contributed by atoms with Crippen LogP contribution in [-0.2, 0) is 4.74 Å². The molecule has 0 aliphatic carbocycles. The Balaban J connectivity index is 1.91. The van der Waals surface area contributed by atoms with Crippen LogP contribution < -0.4 is 15.8 Å². The minimum absolute atomic E-state index is 0.152. The van der Waals surface area contributed by atoms with Crippen molar-refractivity contribution in [2.75, 3.05) is 37.9 Å². The summed E-state index contributed by atoms with van der Waals surface area (Å²) >= 11 is 0. The third-order valence-electron chi connectivity index (χ3n) is 2.62. The van der Waals surface area contributed by atoms with Crippen LogP contribution in [0.25, 0.3) is 0 Å². The van der Waals surface area contributed by atoms with Gasteiger partial charge in [0.15, 0.2) is 0 Å². The summed E-state index contributed by atoms with van der Waals surface area (Å²) in [5, 5.41) is 3.13. The monoisotopic (exact) mass is 239 g/mol. The van der Waals surface area contributed by atoms with Crippen LogP contribution in [0.4, 0.5) is 11.9 Å². The van der Waals surface area contributed by atoms with Crippen molar-refractivity contribution in [1.29, 1.82) is 0 Å². The van der Waals surface area contributed by atoms with Crippen LogP contribution in [-0.4, -0.2) is 41.8 Å². The molecule has 1 aromatic rings. The Bertz CT molecular complexity index is 368. The molecule has 2 heterocycles. The summed E-state index contributed by atoms with van der Waals surface area (Å²) in [6, 6.07) is 0.222. The van der Waals surface area contributed by atoms with E-state index >= 15 is 0 Å². The van der Waals surface area contributed by atoms with Gasteiger partial charge in [-0.3, -0.25) is 0 Å². The van der Waals surface area contributed by atoms with E-state index < -0.39 is 0 Å². The third-order valence-corrected chi connectivity index (χ3v) is 2.62. The molecule has 3 N–H and O–H groups in total. The van der Waals surface area contributed by atoms with Crippen molar-refractivity contribution in [3.8, 4) is 6.01 Å². The van der Waals surface area contributed by atoms with Crippen LogP contribution in [0.3, 0.4) is 0 Å². The number of rotatable bonds is 4. The largest absolute Gasteiger partial charge is 0.467 e. The SMILES string of the molecule is COc1nc(N)nc(NCC2CCCOC2)n1. The van der Waals surface area contributed by atoms with E-state index in [0.29, 0.717) is 11.9 Å². The summed E-state index contributed by atoms with van der Waals surface area (Å²) in [5.74, 6) is 1.09. The summed E-state index contributed by atoms with van der Waals surface area (Å²) in [5.41, 5.74) is 5.54. The number of nitrogens with zero attached hydrogens (tertiary/aromatic N) is 3. The quantitative estimate of drug-likeness (QED) is 0.780. The van der Waals surface area contributed by atoms with Crippen LogP contribution in [0.5, 0.6) is 6.01 Å². The highest BCUT2D eigenvalue weighted by molar-refractivity contribution is 5.32. The maximum absolute atomic E-state index is 5.54. The van der Waals surface area contributed by atoms with Gasteiger partial charge in [0.2, 0.25) is 11.9 Å². The second-order valence-electron chi connectivity index (χ2n) is 3.97. The van der Waals surface area contributed by atoms with E-state index in [-0.39, 0.29) is 12.0 Å². The Morgan fingerprint density at radius 2 is 2.35 bits per heavy atom. The van der Waals surface area contributed by atoms with Gasteiger partial charge in [-0.1, -0.05) is 0 Å². The molecule has 1 saturated heterocycles. The normalized spacial score (nSPS) is 19.9. The number of nitrogens with one attached hydrogen (secondary N) is 1. The second kappa shape index (κ2) is 5.62. The molecular weight excluding hydrogens is 222 g/mol. The number of nitrogens with two attached hydrogens (primary N) is 1. The van der Waals surface area contributed by atoms with E-state index in [1.54, 1.807) is 0 Å². The molecule has 7 nitrogen and oxygen atoms in total. The molecule has 2 rings (SSSR count). The maximum atomic E-state index is 5.54. The van der Waals surface area contributed by atoms with E-state index in [9.17, 15) is 0 Å². The van der Waals surface area contributed by atoms with E-state index in [0.717, 1.165) is 32.6 Å². The smallest absolute Gasteiger partial charge is 0.322 e. The summed E-state index contributed by atoms with van der Waals surface area (Å²) in [4.78, 5) is 11.9. The zero-order valence-electron chi connectivity index (χ0n) is 9.85. The van der Waals surface area contributed by atoms with Gasteiger partial charge < -0.3 is 20.5 Å². The van der Waals surface area contributed by atoms with Crippen molar-refractivity contribution in [3.63, 3.8) is 0 Å². The number of nitrogen functional groups attached to an aromatic ring is 1. The number of hydrogen-bond acceptors (Lipinski definition) is 7. The molecule has 0 amide bonds. The van der Waals surface area contributed by atoms with Crippen molar-refractivity contribution < 1.29 is 9.47 Å². The Labute approximate surface area is 99.8 Å². The summed E-state index contributed by atoms with van der Waals surface area (Å²) in [6.07, 6.45) is 2.26. The molecule has 7 heteroatoms. The number of aromatic nitrogens is 3. The molecule has 0 saturated carbocycles. The number of ether oxygens (including phenoxy) is 2. The van der Waals surface area contributed by atoms with Gasteiger partial charge in [-0.15, -0.1) is 0 Å². The lowest BCUT2D eigenvalue weighted by atomic mass is 10.0. The predicted molar refractivity (Wildman–Crippen MR) is 62.8 cm³/mol. The molecule has 0 radical (unpaired) electrons. The van der Waals surface area contributed by atoms with E-state index in [4.69, 9.17) is 15.2 Å². The Hall–Kier alpha value is -1.63. The predicted octanol–water partition coefficient (Wildman–Crippen LogP) is 0.301. The standard InChI is InChI=1S/C10H17N5O2/c1-16-10-14-8(11)13-9(15-10)12-5-7-3-2-4-17-6-7/h7H,2-6H2,1H3,(H3,11,12,13,14,15). The Morgan fingerprint density at radius 3 is 3.06 bits per heavy atom. The molecule has 1 fully saturated rings. The molecule has 1 atom stereocenters. The number of hydrogen-bond donors (Lipinski definition) is 2. The van der Waals surface area contributed by atoms with E-state index in [1.807, 2.05) is 0 Å². The number of methoxy groups -OCH3 is 1. The lowest BCUT2D eigenvalue weighted by Crippen LogP contribution is -2.25. The first-order chi connectivity index (χ1) is 8.28. The van der Waals surface area contributed by atoms with Crippen LogP contribution in [0.2, 0.25) is 0 Å². The molecule has 1 aromatic heterocycles. The average molecular weight is 239 g/mol. The zero-order valence-corrected chi connectivity index (χ0v) is 9.85. The van der Waals surface area contributed by atoms with Crippen LogP contribution in [0, 0.1) is 5.92 Å². The highest BCUT2D eigenvalue weighted by atomic mass is 16.5. The van der Waals surface area contributed by atoms with Crippen molar-refractivity contribution >= 4 is 11.9 Å². The van der Waals surface area contributed by atoms with Crippen molar-refractivity contribution in [2.45, 2.75) is 12.8 Å². The lowest BCUT2D eigenvalue weighted by Gasteiger charge is -2.22. The van der Waals surface area contributed by atoms with Gasteiger partial charge in [0, 0.05) is 13.2 Å².